The summed E-state index contributed by atoms with van der Waals surface area (Å²) in [5, 5.41) is 0. The number of aromatic amines is 1. The maximum Gasteiger partial charge on any atom is 0.416 e. The van der Waals surface area contributed by atoms with Crippen molar-refractivity contribution < 1.29 is 17.7 Å². The molecule has 2 aromatic carbocycles. The van der Waals surface area contributed by atoms with Gasteiger partial charge in [0, 0.05) is 0 Å². The van der Waals surface area contributed by atoms with Gasteiger partial charge >= 0.3 is 12.1 Å². The van der Waals surface area contributed by atoms with Gasteiger partial charge < -0.3 is 0 Å². The maximum absolute atomic E-state index is 12.7. The predicted octanol–water partition coefficient (Wildman–Crippen LogP) is 4.13. The van der Waals surface area contributed by atoms with E-state index in [1.54, 1.807) is 10.6 Å². The van der Waals surface area contributed by atoms with E-state index in [0.717, 1.165) is 23.2 Å². The second-order valence-corrected chi connectivity index (χ2v) is 4.81. The van der Waals surface area contributed by atoms with E-state index in [1.165, 1.54) is 6.07 Å². The average Bonchev–Trinajstić information content (AvgIpc) is 2.85. The minimum absolute atomic E-state index is 0.278. The van der Waals surface area contributed by atoms with Gasteiger partial charge in [0.25, 0.3) is 0 Å². The van der Waals surface area contributed by atoms with Crippen LogP contribution in [0.25, 0.3) is 11.0 Å². The highest BCUT2D eigenvalue weighted by Crippen LogP contribution is 2.29. The first-order valence-electron chi connectivity index (χ1n) is 7.37. The van der Waals surface area contributed by atoms with Crippen LogP contribution >= 0.6 is 0 Å². The number of nitrogens with two attached hydrogens (primary N) is 1. The number of benzene rings is 2. The van der Waals surface area contributed by atoms with Crippen LogP contribution in [0.4, 0.5) is 19.1 Å². The van der Waals surface area contributed by atoms with Crippen LogP contribution in [0.1, 0.15) is 25.0 Å². The van der Waals surface area contributed by atoms with Crippen LogP contribution in [-0.2, 0) is 12.7 Å². The number of fused-ring (bicyclic) bond motifs is 1. The molecule has 6 heteroatoms. The minimum atomic E-state index is -4.34. The Morgan fingerprint density at radius 2 is 1.74 bits per heavy atom. The molecule has 1 heterocycles. The average molecular weight is 322 g/mol. The normalized spacial score (nSPS) is 11.2. The fraction of sp³-hybridized carbons (Fsp3) is 0.235. The number of anilines is 1. The Hall–Kier alpha value is -2.50. The molecule has 3 rings (SSSR count). The van der Waals surface area contributed by atoms with Crippen LogP contribution in [0.5, 0.6) is 0 Å². The topological polar surface area (TPSA) is 45.7 Å². The van der Waals surface area contributed by atoms with Crippen molar-refractivity contribution in [3.63, 3.8) is 0 Å². The van der Waals surface area contributed by atoms with Gasteiger partial charge in [0.2, 0.25) is 0 Å². The lowest BCUT2D eigenvalue weighted by Gasteiger charge is -2.08. The van der Waals surface area contributed by atoms with Gasteiger partial charge in [-0.1, -0.05) is 38.1 Å². The summed E-state index contributed by atoms with van der Waals surface area (Å²) in [6.07, 6.45) is -4.34. The van der Waals surface area contributed by atoms with Crippen LogP contribution in [0.2, 0.25) is 0 Å². The molecular weight excluding hydrogens is 303 g/mol. The molecule has 3 aromatic rings. The quantitative estimate of drug-likeness (QED) is 0.685. The standard InChI is InChI=1S/C15H12F3N3.C2H6/c16-15(17,18)11-5-3-4-10(8-11)9-21-13-7-2-1-6-12(13)20-14(21)19;1-2/h1-8H,9H2,(H2,19,20);1-2H3/p+1. The fourth-order valence-electron chi connectivity index (χ4n) is 2.35. The molecule has 3 N–H and O–H groups in total. The molecule has 3 nitrogen and oxygen atoms in total. The third-order valence-electron chi connectivity index (χ3n) is 3.34. The number of hydrogen-bond donors (Lipinski definition) is 2. The van der Waals surface area contributed by atoms with Gasteiger partial charge in [-0.15, -0.1) is 0 Å². The first-order valence-corrected chi connectivity index (χ1v) is 7.37. The van der Waals surface area contributed by atoms with Crippen LogP contribution in [0, 0.1) is 0 Å². The summed E-state index contributed by atoms with van der Waals surface area (Å²) >= 11 is 0. The number of alkyl halides is 3. The lowest BCUT2D eigenvalue weighted by Crippen LogP contribution is -2.36. The summed E-state index contributed by atoms with van der Waals surface area (Å²) in [4.78, 5) is 3.01. The zero-order chi connectivity index (χ0) is 17.0. The van der Waals surface area contributed by atoms with Gasteiger partial charge in [-0.3, -0.25) is 5.73 Å². The van der Waals surface area contributed by atoms with Crippen molar-refractivity contribution in [2.45, 2.75) is 26.6 Å². The van der Waals surface area contributed by atoms with E-state index < -0.39 is 11.7 Å². The second kappa shape index (κ2) is 6.73. The van der Waals surface area contributed by atoms with Crippen molar-refractivity contribution >= 4 is 17.0 Å². The highest BCUT2D eigenvalue weighted by Gasteiger charge is 2.30. The monoisotopic (exact) mass is 322 g/mol. The van der Waals surface area contributed by atoms with Gasteiger partial charge in [0.15, 0.2) is 0 Å². The van der Waals surface area contributed by atoms with Gasteiger partial charge in [0.05, 0.1) is 12.1 Å². The fourth-order valence-corrected chi connectivity index (χ4v) is 2.35. The predicted molar refractivity (Wildman–Crippen MR) is 84.8 cm³/mol. The third kappa shape index (κ3) is 3.64. The number of nitrogens with one attached hydrogen (secondary N) is 1. The SMILES string of the molecule is CC.Nc1[nH]c2ccccc2[n+]1Cc1cccc(C(F)(F)F)c1. The number of para-hydroxylation sites is 2. The number of hydrogen-bond acceptors (Lipinski definition) is 1. The number of aromatic nitrogens is 2. The summed E-state index contributed by atoms with van der Waals surface area (Å²) in [7, 11) is 0. The van der Waals surface area contributed by atoms with Crippen molar-refractivity contribution in [1.29, 1.82) is 0 Å². The van der Waals surface area contributed by atoms with Gasteiger partial charge in [-0.2, -0.15) is 13.2 Å². The van der Waals surface area contributed by atoms with Crippen molar-refractivity contribution in [2.75, 3.05) is 5.73 Å². The van der Waals surface area contributed by atoms with Crippen LogP contribution in [-0.4, -0.2) is 4.98 Å². The summed E-state index contributed by atoms with van der Waals surface area (Å²) in [5.74, 6) is 0.411. The molecule has 23 heavy (non-hydrogen) atoms. The zero-order valence-corrected chi connectivity index (χ0v) is 13.0. The molecule has 0 radical (unpaired) electrons. The lowest BCUT2D eigenvalue weighted by atomic mass is 10.1. The molecule has 0 saturated heterocycles. The highest BCUT2D eigenvalue weighted by molar-refractivity contribution is 5.72. The Labute approximate surface area is 132 Å². The number of halogens is 3. The van der Waals surface area contributed by atoms with Crippen molar-refractivity contribution in [3.05, 3.63) is 59.7 Å². The van der Waals surface area contributed by atoms with Crippen molar-refractivity contribution in [1.82, 2.24) is 4.98 Å². The molecule has 1 aromatic heterocycles. The van der Waals surface area contributed by atoms with E-state index in [4.69, 9.17) is 5.73 Å². The highest BCUT2D eigenvalue weighted by atomic mass is 19.4. The zero-order valence-electron chi connectivity index (χ0n) is 13.0. The van der Waals surface area contributed by atoms with Crippen molar-refractivity contribution in [3.8, 4) is 0 Å². The van der Waals surface area contributed by atoms with Crippen LogP contribution in [0.3, 0.4) is 0 Å². The molecule has 0 atom stereocenters. The molecular formula is C17H19F3N3+. The van der Waals surface area contributed by atoms with E-state index in [-0.39, 0.29) is 6.54 Å². The van der Waals surface area contributed by atoms with Gasteiger partial charge in [0.1, 0.15) is 11.0 Å². The number of imidazole rings is 1. The second-order valence-electron chi connectivity index (χ2n) is 4.81. The van der Waals surface area contributed by atoms with Crippen LogP contribution in [0.15, 0.2) is 48.5 Å². The van der Waals surface area contributed by atoms with E-state index in [1.807, 2.05) is 38.1 Å². The Bertz CT molecular complexity index is 791. The van der Waals surface area contributed by atoms with E-state index in [0.29, 0.717) is 11.5 Å². The van der Waals surface area contributed by atoms with E-state index in [2.05, 4.69) is 4.98 Å². The Morgan fingerprint density at radius 3 is 2.43 bits per heavy atom. The van der Waals surface area contributed by atoms with Crippen LogP contribution < -0.4 is 10.3 Å². The Morgan fingerprint density at radius 1 is 1.04 bits per heavy atom. The van der Waals surface area contributed by atoms with Gasteiger partial charge in [-0.25, -0.2) is 9.55 Å². The number of nitrogens with zero attached hydrogens (tertiary/aromatic N) is 1. The Balaban J connectivity index is 0.000000924. The summed E-state index contributed by atoms with van der Waals surface area (Å²) in [6.45, 7) is 4.28. The maximum atomic E-state index is 12.7. The largest absolute Gasteiger partial charge is 0.416 e. The summed E-state index contributed by atoms with van der Waals surface area (Å²) in [5.41, 5.74) is 7.51. The molecule has 0 fully saturated rings. The molecule has 0 aliphatic heterocycles. The molecule has 0 spiro atoms. The molecule has 122 valence electrons. The summed E-state index contributed by atoms with van der Waals surface area (Å²) in [6, 6.07) is 12.7. The molecule has 0 saturated carbocycles. The first kappa shape index (κ1) is 16.9. The minimum Gasteiger partial charge on any atom is -0.290 e. The van der Waals surface area contributed by atoms with E-state index >= 15 is 0 Å². The number of rotatable bonds is 2. The third-order valence-corrected chi connectivity index (χ3v) is 3.34. The molecule has 0 amide bonds. The van der Waals surface area contributed by atoms with Crippen molar-refractivity contribution in [2.24, 2.45) is 0 Å². The number of H-pyrrole nitrogens is 1. The molecule has 0 aliphatic carbocycles. The Kier molecular flexibility index (Phi) is 4.93. The lowest BCUT2D eigenvalue weighted by molar-refractivity contribution is -0.647. The molecule has 0 aliphatic rings. The first-order chi connectivity index (χ1) is 10.9. The molecule has 0 unspecified atom stereocenters. The summed E-state index contributed by atoms with van der Waals surface area (Å²) < 4.78 is 40.0. The number of nitrogen functional groups attached to an aromatic ring is 1. The van der Waals surface area contributed by atoms with Gasteiger partial charge in [-0.05, 0) is 29.8 Å². The van der Waals surface area contributed by atoms with E-state index in [9.17, 15) is 13.2 Å². The smallest absolute Gasteiger partial charge is 0.290 e. The molecule has 0 bridgehead atoms.